The Labute approximate surface area is 235 Å². The van der Waals surface area contributed by atoms with E-state index >= 15 is 0 Å². The van der Waals surface area contributed by atoms with E-state index in [0.717, 1.165) is 78.5 Å². The van der Waals surface area contributed by atoms with Crippen LogP contribution >= 0.6 is 0 Å². The topological polar surface area (TPSA) is 57.7 Å². The van der Waals surface area contributed by atoms with E-state index in [-0.39, 0.29) is 11.3 Å². The van der Waals surface area contributed by atoms with Gasteiger partial charge in [0, 0.05) is 52.5 Å². The first kappa shape index (κ1) is 24.9. The largest absolute Gasteiger partial charge is 0.492 e. The molecule has 7 rings (SSSR count). The quantitative estimate of drug-likeness (QED) is 0.333. The van der Waals surface area contributed by atoms with Crippen LogP contribution in [0.5, 0.6) is 5.75 Å². The number of piperidine rings is 1. The van der Waals surface area contributed by atoms with Gasteiger partial charge in [0.25, 0.3) is 5.91 Å². The van der Waals surface area contributed by atoms with Crippen LogP contribution < -0.4 is 15.0 Å². The van der Waals surface area contributed by atoms with Crippen LogP contribution in [0.2, 0.25) is 0 Å². The Balaban J connectivity index is 1.11. The van der Waals surface area contributed by atoms with Gasteiger partial charge in [-0.3, -0.25) is 9.78 Å². The molecule has 1 amide bonds. The van der Waals surface area contributed by atoms with Gasteiger partial charge in [-0.25, -0.2) is 0 Å². The highest BCUT2D eigenvalue weighted by Crippen LogP contribution is 2.49. The Morgan fingerprint density at radius 2 is 1.70 bits per heavy atom. The van der Waals surface area contributed by atoms with Crippen LogP contribution in [0.4, 0.5) is 17.1 Å². The van der Waals surface area contributed by atoms with Gasteiger partial charge in [-0.2, -0.15) is 0 Å². The van der Waals surface area contributed by atoms with E-state index in [4.69, 9.17) is 4.74 Å². The van der Waals surface area contributed by atoms with Gasteiger partial charge in [-0.1, -0.05) is 18.2 Å². The van der Waals surface area contributed by atoms with E-state index in [9.17, 15) is 4.79 Å². The van der Waals surface area contributed by atoms with Crippen LogP contribution in [-0.2, 0) is 11.8 Å². The normalized spacial score (nSPS) is 17.4. The van der Waals surface area contributed by atoms with Gasteiger partial charge in [-0.05, 0) is 117 Å². The van der Waals surface area contributed by atoms with Crippen LogP contribution in [0.25, 0.3) is 11.1 Å². The maximum absolute atomic E-state index is 13.7. The number of anilines is 3. The lowest BCUT2D eigenvalue weighted by molar-refractivity contribution is 0.0989. The molecule has 1 fully saturated rings. The molecule has 0 unspecified atom stereocenters. The molecule has 0 radical (unpaired) electrons. The summed E-state index contributed by atoms with van der Waals surface area (Å²) < 4.78 is 6.21. The summed E-state index contributed by atoms with van der Waals surface area (Å²) in [5, 5.41) is 3.42. The summed E-state index contributed by atoms with van der Waals surface area (Å²) in [4.78, 5) is 22.2. The molecule has 4 heterocycles. The van der Waals surface area contributed by atoms with Gasteiger partial charge in [0.15, 0.2) is 0 Å². The lowest BCUT2D eigenvalue weighted by atomic mass is 9.74. The van der Waals surface area contributed by atoms with Crippen LogP contribution in [-0.4, -0.2) is 49.1 Å². The predicted octanol–water partition coefficient (Wildman–Crippen LogP) is 6.36. The van der Waals surface area contributed by atoms with Crippen LogP contribution in [0, 0.1) is 6.92 Å². The van der Waals surface area contributed by atoms with Crippen molar-refractivity contribution in [2.45, 2.75) is 31.6 Å². The number of fused-ring (bicyclic) bond motifs is 3. The molecule has 1 saturated heterocycles. The number of hydrogen-bond donors (Lipinski definition) is 1. The number of likely N-dealkylation sites (tertiary alicyclic amines) is 1. The minimum Gasteiger partial charge on any atom is -0.492 e. The summed E-state index contributed by atoms with van der Waals surface area (Å²) in [6, 6.07) is 22.8. The summed E-state index contributed by atoms with van der Waals surface area (Å²) in [5.74, 6) is 1.09. The second-order valence-electron chi connectivity index (χ2n) is 11.5. The molecule has 0 bridgehead atoms. The van der Waals surface area contributed by atoms with Crippen molar-refractivity contribution in [3.05, 3.63) is 101 Å². The van der Waals surface area contributed by atoms with Gasteiger partial charge >= 0.3 is 0 Å². The number of rotatable bonds is 4. The third-order valence-corrected chi connectivity index (χ3v) is 8.98. The van der Waals surface area contributed by atoms with E-state index in [1.54, 1.807) is 12.4 Å². The molecule has 1 aromatic heterocycles. The zero-order valence-corrected chi connectivity index (χ0v) is 23.1. The number of nitrogens with zero attached hydrogens (tertiary/aromatic N) is 3. The molecule has 6 heteroatoms. The average Bonchev–Trinajstić information content (AvgIpc) is 3.55. The number of hydrogen-bond acceptors (Lipinski definition) is 5. The summed E-state index contributed by atoms with van der Waals surface area (Å²) in [6.45, 7) is 5.75. The molecule has 202 valence electrons. The first-order chi connectivity index (χ1) is 19.5. The summed E-state index contributed by atoms with van der Waals surface area (Å²) in [6.07, 6.45) is 6.63. The fraction of sp³-hybridized carbons (Fsp3) is 0.294. The molecule has 0 saturated carbocycles. The lowest BCUT2D eigenvalue weighted by Gasteiger charge is -2.37. The Bertz CT molecular complexity index is 1570. The highest BCUT2D eigenvalue weighted by atomic mass is 16.5. The molecule has 6 nitrogen and oxygen atoms in total. The van der Waals surface area contributed by atoms with E-state index < -0.39 is 0 Å². The molecule has 3 aliphatic heterocycles. The van der Waals surface area contributed by atoms with Crippen molar-refractivity contribution in [2.24, 2.45) is 0 Å². The number of benzene rings is 3. The smallest absolute Gasteiger partial charge is 0.258 e. The number of pyridine rings is 1. The number of ether oxygens (including phenoxy) is 1. The van der Waals surface area contributed by atoms with Crippen molar-refractivity contribution in [1.82, 2.24) is 9.88 Å². The van der Waals surface area contributed by atoms with Gasteiger partial charge in [0.05, 0.1) is 6.61 Å². The molecular weight excluding hydrogens is 496 g/mol. The van der Waals surface area contributed by atoms with E-state index in [1.165, 1.54) is 16.7 Å². The number of aryl methyl sites for hydroxylation is 1. The fourth-order valence-corrected chi connectivity index (χ4v) is 6.53. The third-order valence-electron chi connectivity index (χ3n) is 8.98. The highest BCUT2D eigenvalue weighted by molar-refractivity contribution is 6.07. The highest BCUT2D eigenvalue weighted by Gasteiger charge is 2.44. The molecule has 0 aliphatic carbocycles. The lowest BCUT2D eigenvalue weighted by Crippen LogP contribution is -2.42. The summed E-state index contributed by atoms with van der Waals surface area (Å²) >= 11 is 0. The SMILES string of the molecule is Cc1cc(Nc2ccncc2)ccc1-c1ccc(C(=O)N2CCc3cc4c(cc32)C2(CCN(C)CC2)CO4)cc1. The fourth-order valence-electron chi connectivity index (χ4n) is 6.53. The van der Waals surface area contributed by atoms with Gasteiger partial charge in [0.1, 0.15) is 5.75 Å². The maximum atomic E-state index is 13.7. The summed E-state index contributed by atoms with van der Waals surface area (Å²) in [5.41, 5.74) is 9.84. The summed E-state index contributed by atoms with van der Waals surface area (Å²) in [7, 11) is 2.19. The molecule has 3 aromatic carbocycles. The van der Waals surface area contributed by atoms with Crippen molar-refractivity contribution in [1.29, 1.82) is 0 Å². The van der Waals surface area contributed by atoms with Crippen molar-refractivity contribution in [3.8, 4) is 16.9 Å². The molecule has 0 atom stereocenters. The first-order valence-corrected chi connectivity index (χ1v) is 14.2. The number of carbonyl (C=O) groups is 1. The van der Waals surface area contributed by atoms with Crippen LogP contribution in [0.1, 0.15) is 39.9 Å². The molecule has 4 aromatic rings. The van der Waals surface area contributed by atoms with Gasteiger partial charge < -0.3 is 19.9 Å². The van der Waals surface area contributed by atoms with E-state index in [1.807, 2.05) is 29.2 Å². The third kappa shape index (κ3) is 4.33. The van der Waals surface area contributed by atoms with Gasteiger partial charge in [0.2, 0.25) is 0 Å². The monoisotopic (exact) mass is 530 g/mol. The number of carbonyl (C=O) groups excluding carboxylic acids is 1. The average molecular weight is 531 g/mol. The van der Waals surface area contributed by atoms with E-state index in [0.29, 0.717) is 6.54 Å². The van der Waals surface area contributed by atoms with Crippen molar-refractivity contribution in [3.63, 3.8) is 0 Å². The van der Waals surface area contributed by atoms with E-state index in [2.05, 4.69) is 71.6 Å². The maximum Gasteiger partial charge on any atom is 0.258 e. The second-order valence-corrected chi connectivity index (χ2v) is 11.5. The van der Waals surface area contributed by atoms with Crippen LogP contribution in [0.15, 0.2) is 79.1 Å². The number of nitrogens with one attached hydrogen (secondary N) is 1. The Morgan fingerprint density at radius 1 is 0.925 bits per heavy atom. The molecule has 1 N–H and O–H groups in total. The Kier molecular flexibility index (Phi) is 6.08. The molecule has 1 spiro atoms. The zero-order valence-electron chi connectivity index (χ0n) is 23.1. The van der Waals surface area contributed by atoms with Crippen molar-refractivity contribution < 1.29 is 9.53 Å². The predicted molar refractivity (Wildman–Crippen MR) is 160 cm³/mol. The van der Waals surface area contributed by atoms with Crippen molar-refractivity contribution >= 4 is 23.0 Å². The molecule has 40 heavy (non-hydrogen) atoms. The molecule has 3 aliphatic rings. The van der Waals surface area contributed by atoms with Gasteiger partial charge in [-0.15, -0.1) is 0 Å². The Hall–Kier alpha value is -4.16. The number of amides is 1. The standard InChI is InChI=1S/C34H34N4O2/c1-23-19-28(36-27-9-14-35-15-10-27)7-8-29(23)24-3-5-25(6-4-24)33(39)38-16-11-26-20-32-30(21-31(26)38)34(22-40-32)12-17-37(2)18-13-34/h3-10,14-15,19-21H,11-13,16-18,22H2,1-2H3,(H,35,36). The second kappa shape index (κ2) is 9.79. The zero-order chi connectivity index (χ0) is 27.3. The number of aromatic nitrogens is 1. The van der Waals surface area contributed by atoms with Crippen LogP contribution in [0.3, 0.4) is 0 Å². The first-order valence-electron chi connectivity index (χ1n) is 14.2. The molecular formula is C34H34N4O2. The minimum absolute atomic E-state index is 0.0650. The Morgan fingerprint density at radius 3 is 2.45 bits per heavy atom. The van der Waals surface area contributed by atoms with Crippen molar-refractivity contribution in [2.75, 3.05) is 43.5 Å². The minimum atomic E-state index is 0.0650.